The number of carbonyl (C=O) groups excluding carboxylic acids is 2. The minimum atomic E-state index is -0.923. The zero-order chi connectivity index (χ0) is 21.1. The van der Waals surface area contributed by atoms with Gasteiger partial charge in [-0.05, 0) is 36.5 Å². The van der Waals surface area contributed by atoms with Crippen LogP contribution in [0.2, 0.25) is 0 Å². The third-order valence-corrected chi connectivity index (χ3v) is 6.35. The van der Waals surface area contributed by atoms with Crippen LogP contribution in [0.25, 0.3) is 0 Å². The average molecular weight is 408 g/mol. The first-order chi connectivity index (χ1) is 14.6. The van der Waals surface area contributed by atoms with Crippen LogP contribution < -0.4 is 0 Å². The van der Waals surface area contributed by atoms with Crippen molar-refractivity contribution >= 4 is 11.8 Å². The minimum absolute atomic E-state index is 0.0000514. The van der Waals surface area contributed by atoms with Gasteiger partial charge in [-0.3, -0.25) is 14.5 Å². The monoisotopic (exact) mass is 407 g/mol. The van der Waals surface area contributed by atoms with E-state index in [1.807, 2.05) is 61.5 Å². The average Bonchev–Trinajstić information content (AvgIpc) is 3.01. The molecule has 4 rings (SSSR count). The number of benzene rings is 2. The SMILES string of the molecule is Cc1ccccc1[C@H](OC[C@H](O)CN1C(=O)[C@H]2CCCC[C@H]2C1=O)c1ccccc1. The lowest BCUT2D eigenvalue weighted by Gasteiger charge is -2.24. The van der Waals surface area contributed by atoms with E-state index in [0.29, 0.717) is 0 Å². The number of aryl methyl sites for hydroxylation is 1. The normalized spacial score (nSPS) is 23.3. The zero-order valence-corrected chi connectivity index (χ0v) is 17.4. The summed E-state index contributed by atoms with van der Waals surface area (Å²) in [6, 6.07) is 17.9. The van der Waals surface area contributed by atoms with E-state index in [4.69, 9.17) is 4.74 Å². The first-order valence-corrected chi connectivity index (χ1v) is 10.8. The summed E-state index contributed by atoms with van der Waals surface area (Å²) in [4.78, 5) is 26.6. The molecule has 0 unspecified atom stereocenters. The number of fused-ring (bicyclic) bond motifs is 1. The van der Waals surface area contributed by atoms with Crippen LogP contribution in [0, 0.1) is 18.8 Å². The molecule has 5 nitrogen and oxygen atoms in total. The lowest BCUT2D eigenvalue weighted by Crippen LogP contribution is -2.39. The Hall–Kier alpha value is -2.50. The van der Waals surface area contributed by atoms with Gasteiger partial charge in [0.25, 0.3) is 0 Å². The number of carbonyl (C=O) groups is 2. The molecule has 158 valence electrons. The molecule has 0 radical (unpaired) electrons. The standard InChI is InChI=1S/C25H29NO4/c1-17-9-5-6-12-20(17)23(18-10-3-2-4-11-18)30-16-19(27)15-26-24(28)21-13-7-8-14-22(21)25(26)29/h2-6,9-12,19,21-23,27H,7-8,13-16H2,1H3/t19-,21-,22+,23-/m1/s1. The Bertz CT molecular complexity index is 873. The molecule has 2 aromatic rings. The van der Waals surface area contributed by atoms with Gasteiger partial charge in [0.2, 0.25) is 11.8 Å². The Kier molecular flexibility index (Phi) is 6.30. The molecule has 4 atom stereocenters. The Morgan fingerprint density at radius 2 is 1.57 bits per heavy atom. The molecule has 0 aromatic heterocycles. The molecule has 1 aliphatic heterocycles. The lowest BCUT2D eigenvalue weighted by atomic mass is 9.81. The maximum Gasteiger partial charge on any atom is 0.233 e. The quantitative estimate of drug-likeness (QED) is 0.712. The molecule has 1 aliphatic carbocycles. The molecule has 2 amide bonds. The molecule has 30 heavy (non-hydrogen) atoms. The first-order valence-electron chi connectivity index (χ1n) is 10.8. The third kappa shape index (κ3) is 4.18. The smallest absolute Gasteiger partial charge is 0.233 e. The Morgan fingerprint density at radius 1 is 0.967 bits per heavy atom. The molecule has 5 heteroatoms. The van der Waals surface area contributed by atoms with Crippen molar-refractivity contribution in [3.05, 3.63) is 71.3 Å². The highest BCUT2D eigenvalue weighted by Crippen LogP contribution is 2.38. The van der Waals surface area contributed by atoms with E-state index in [0.717, 1.165) is 42.4 Å². The molecule has 0 spiro atoms. The van der Waals surface area contributed by atoms with Gasteiger partial charge in [-0.1, -0.05) is 67.4 Å². The number of nitrogens with zero attached hydrogens (tertiary/aromatic N) is 1. The second-order valence-electron chi connectivity index (χ2n) is 8.42. The fraction of sp³-hybridized carbons (Fsp3) is 0.440. The highest BCUT2D eigenvalue weighted by molar-refractivity contribution is 6.05. The van der Waals surface area contributed by atoms with Crippen LogP contribution in [0.5, 0.6) is 0 Å². The minimum Gasteiger partial charge on any atom is -0.389 e. The van der Waals surface area contributed by atoms with Gasteiger partial charge in [0.05, 0.1) is 31.1 Å². The topological polar surface area (TPSA) is 66.8 Å². The summed E-state index contributed by atoms with van der Waals surface area (Å²) >= 11 is 0. The predicted molar refractivity (Wildman–Crippen MR) is 114 cm³/mol. The third-order valence-electron chi connectivity index (χ3n) is 6.35. The summed E-state index contributed by atoms with van der Waals surface area (Å²) < 4.78 is 6.16. The Balaban J connectivity index is 1.44. The zero-order valence-electron chi connectivity index (χ0n) is 17.4. The molecule has 2 fully saturated rings. The van der Waals surface area contributed by atoms with Crippen molar-refractivity contribution in [1.82, 2.24) is 4.90 Å². The maximum absolute atomic E-state index is 12.7. The van der Waals surface area contributed by atoms with Gasteiger partial charge in [-0.25, -0.2) is 0 Å². The number of β-amino-alcohol motifs (C(OH)–C–C–N with tert-alkyl or cyclic N) is 1. The van der Waals surface area contributed by atoms with Crippen LogP contribution in [0.4, 0.5) is 0 Å². The van der Waals surface area contributed by atoms with Crippen molar-refractivity contribution < 1.29 is 19.4 Å². The van der Waals surface area contributed by atoms with E-state index >= 15 is 0 Å². The van der Waals surface area contributed by atoms with Crippen molar-refractivity contribution in [1.29, 1.82) is 0 Å². The van der Waals surface area contributed by atoms with Gasteiger partial charge in [-0.2, -0.15) is 0 Å². The number of amides is 2. The van der Waals surface area contributed by atoms with E-state index in [1.54, 1.807) is 0 Å². The van der Waals surface area contributed by atoms with E-state index in [1.165, 1.54) is 4.90 Å². The van der Waals surface area contributed by atoms with Crippen molar-refractivity contribution in [3.63, 3.8) is 0 Å². The van der Waals surface area contributed by atoms with Gasteiger partial charge in [-0.15, -0.1) is 0 Å². The highest BCUT2D eigenvalue weighted by atomic mass is 16.5. The highest BCUT2D eigenvalue weighted by Gasteiger charge is 2.48. The fourth-order valence-corrected chi connectivity index (χ4v) is 4.76. The van der Waals surface area contributed by atoms with Crippen molar-refractivity contribution in [2.45, 2.75) is 44.8 Å². The summed E-state index contributed by atoms with van der Waals surface area (Å²) in [6.07, 6.45) is 2.30. The summed E-state index contributed by atoms with van der Waals surface area (Å²) in [7, 11) is 0. The largest absolute Gasteiger partial charge is 0.389 e. The van der Waals surface area contributed by atoms with Crippen LogP contribution in [0.1, 0.15) is 48.5 Å². The molecular formula is C25H29NO4. The number of hydrogen-bond acceptors (Lipinski definition) is 4. The van der Waals surface area contributed by atoms with Crippen LogP contribution in [-0.4, -0.2) is 41.1 Å². The van der Waals surface area contributed by atoms with Crippen LogP contribution in [-0.2, 0) is 14.3 Å². The molecule has 2 aromatic carbocycles. The number of hydrogen-bond donors (Lipinski definition) is 1. The number of likely N-dealkylation sites (tertiary alicyclic amines) is 1. The number of ether oxygens (including phenoxy) is 1. The lowest BCUT2D eigenvalue weighted by molar-refractivity contribution is -0.142. The second kappa shape index (κ2) is 9.11. The number of aliphatic hydroxyl groups excluding tert-OH is 1. The molecule has 0 bridgehead atoms. The number of rotatable bonds is 7. The molecule has 1 saturated heterocycles. The Morgan fingerprint density at radius 3 is 2.20 bits per heavy atom. The predicted octanol–water partition coefficient (Wildman–Crippen LogP) is 3.64. The van der Waals surface area contributed by atoms with Crippen molar-refractivity contribution in [3.8, 4) is 0 Å². The summed E-state index contributed by atoms with van der Waals surface area (Å²) in [5.74, 6) is -0.628. The number of imide groups is 1. The molecule has 1 heterocycles. The molecule has 1 saturated carbocycles. The molecule has 1 N–H and O–H groups in total. The Labute approximate surface area is 177 Å². The first kappa shape index (κ1) is 20.8. The second-order valence-corrected chi connectivity index (χ2v) is 8.42. The van der Waals surface area contributed by atoms with Crippen LogP contribution in [0.3, 0.4) is 0 Å². The van der Waals surface area contributed by atoms with E-state index < -0.39 is 6.10 Å². The molecule has 2 aliphatic rings. The van der Waals surface area contributed by atoms with Crippen molar-refractivity contribution in [2.24, 2.45) is 11.8 Å². The van der Waals surface area contributed by atoms with Crippen molar-refractivity contribution in [2.75, 3.05) is 13.2 Å². The van der Waals surface area contributed by atoms with Gasteiger partial charge < -0.3 is 9.84 Å². The summed E-state index contributed by atoms with van der Waals surface area (Å²) in [6.45, 7) is 2.08. The summed E-state index contributed by atoms with van der Waals surface area (Å²) in [5, 5.41) is 10.6. The van der Waals surface area contributed by atoms with Crippen LogP contribution in [0.15, 0.2) is 54.6 Å². The van der Waals surface area contributed by atoms with E-state index in [-0.39, 0.29) is 42.9 Å². The molecular weight excluding hydrogens is 378 g/mol. The number of aliphatic hydroxyl groups is 1. The van der Waals surface area contributed by atoms with Crippen LogP contribution >= 0.6 is 0 Å². The van der Waals surface area contributed by atoms with Gasteiger partial charge in [0.15, 0.2) is 0 Å². The summed E-state index contributed by atoms with van der Waals surface area (Å²) in [5.41, 5.74) is 3.14. The van der Waals surface area contributed by atoms with Gasteiger partial charge >= 0.3 is 0 Å². The fourth-order valence-electron chi connectivity index (χ4n) is 4.76. The maximum atomic E-state index is 12.7. The van der Waals surface area contributed by atoms with E-state index in [9.17, 15) is 14.7 Å². The van der Waals surface area contributed by atoms with Gasteiger partial charge in [0, 0.05) is 0 Å². The van der Waals surface area contributed by atoms with E-state index in [2.05, 4.69) is 0 Å². The van der Waals surface area contributed by atoms with Gasteiger partial charge in [0.1, 0.15) is 6.10 Å².